The summed E-state index contributed by atoms with van der Waals surface area (Å²) >= 11 is 0. The Morgan fingerprint density at radius 3 is 2.41 bits per heavy atom. The van der Waals surface area contributed by atoms with E-state index in [-0.39, 0.29) is 5.91 Å². The molecule has 2 aromatic rings. The number of carbonyl (C=O) groups is 1. The molecule has 3 heteroatoms. The van der Waals surface area contributed by atoms with Crippen LogP contribution in [-0.2, 0) is 11.2 Å². The molecule has 3 nitrogen and oxygen atoms in total. The van der Waals surface area contributed by atoms with Crippen LogP contribution in [0.25, 0.3) is 0 Å². The molecule has 114 valence electrons. The second-order valence-electron chi connectivity index (χ2n) is 5.90. The largest absolute Gasteiger partial charge is 0.372 e. The summed E-state index contributed by atoms with van der Waals surface area (Å²) in [6, 6.07) is 16.2. The Kier molecular flexibility index (Phi) is 4.42. The number of para-hydroxylation sites is 1. The van der Waals surface area contributed by atoms with Gasteiger partial charge in [-0.2, -0.15) is 0 Å². The van der Waals surface area contributed by atoms with Gasteiger partial charge in [-0.15, -0.1) is 0 Å². The van der Waals surface area contributed by atoms with E-state index < -0.39 is 0 Å². The van der Waals surface area contributed by atoms with Crippen molar-refractivity contribution in [2.24, 2.45) is 0 Å². The van der Waals surface area contributed by atoms with E-state index in [0.717, 1.165) is 29.9 Å². The van der Waals surface area contributed by atoms with E-state index in [1.165, 1.54) is 18.5 Å². The molecule has 0 aliphatic carbocycles. The van der Waals surface area contributed by atoms with Crippen LogP contribution in [0.4, 0.5) is 11.4 Å². The van der Waals surface area contributed by atoms with E-state index >= 15 is 0 Å². The van der Waals surface area contributed by atoms with Gasteiger partial charge in [-0.25, -0.2) is 0 Å². The van der Waals surface area contributed by atoms with Gasteiger partial charge in [0.25, 0.3) is 0 Å². The molecule has 1 aliphatic heterocycles. The van der Waals surface area contributed by atoms with Crippen LogP contribution < -0.4 is 10.2 Å². The molecule has 3 rings (SSSR count). The van der Waals surface area contributed by atoms with E-state index in [1.54, 1.807) is 0 Å². The van der Waals surface area contributed by atoms with Gasteiger partial charge in [0.15, 0.2) is 0 Å². The van der Waals surface area contributed by atoms with Crippen molar-refractivity contribution < 1.29 is 4.79 Å². The first-order valence-electron chi connectivity index (χ1n) is 7.92. The zero-order valence-electron chi connectivity index (χ0n) is 13.0. The molecule has 0 spiro atoms. The normalized spacial score (nSPS) is 14.1. The number of nitrogens with zero attached hydrogens (tertiary/aromatic N) is 1. The molecule has 0 saturated carbocycles. The average molecular weight is 294 g/mol. The molecule has 0 aromatic heterocycles. The number of hydrogen-bond donors (Lipinski definition) is 1. The van der Waals surface area contributed by atoms with Gasteiger partial charge in [-0.1, -0.05) is 30.3 Å². The van der Waals surface area contributed by atoms with Crippen LogP contribution in [0.1, 0.15) is 24.0 Å². The summed E-state index contributed by atoms with van der Waals surface area (Å²) in [6.45, 7) is 4.29. The fraction of sp³-hybridized carbons (Fsp3) is 0.316. The lowest BCUT2D eigenvalue weighted by Crippen LogP contribution is -2.18. The maximum absolute atomic E-state index is 12.2. The van der Waals surface area contributed by atoms with Crippen molar-refractivity contribution in [3.8, 4) is 0 Å². The van der Waals surface area contributed by atoms with E-state index in [1.807, 2.05) is 31.2 Å². The van der Waals surface area contributed by atoms with Crippen molar-refractivity contribution in [2.75, 3.05) is 23.3 Å². The van der Waals surface area contributed by atoms with Crippen molar-refractivity contribution >= 4 is 17.3 Å². The molecule has 2 aromatic carbocycles. The van der Waals surface area contributed by atoms with E-state index in [9.17, 15) is 4.79 Å². The number of carbonyl (C=O) groups excluding carboxylic acids is 1. The predicted octanol–water partition coefficient (Wildman–Crippen LogP) is 3.78. The lowest BCUT2D eigenvalue weighted by molar-refractivity contribution is -0.115. The minimum atomic E-state index is 0.0308. The summed E-state index contributed by atoms with van der Waals surface area (Å²) in [5.41, 5.74) is 4.29. The number of aryl methyl sites for hydroxylation is 1. The third-order valence-corrected chi connectivity index (χ3v) is 4.19. The first kappa shape index (κ1) is 14.6. The molecule has 1 N–H and O–H groups in total. The molecule has 1 aliphatic rings. The first-order chi connectivity index (χ1) is 10.7. The van der Waals surface area contributed by atoms with Crippen molar-refractivity contribution in [2.45, 2.75) is 26.2 Å². The molecule has 0 bridgehead atoms. The van der Waals surface area contributed by atoms with Crippen LogP contribution in [0.2, 0.25) is 0 Å². The van der Waals surface area contributed by atoms with Gasteiger partial charge < -0.3 is 10.2 Å². The van der Waals surface area contributed by atoms with E-state index in [2.05, 4.69) is 34.5 Å². The Hall–Kier alpha value is -2.29. The second kappa shape index (κ2) is 6.65. The van der Waals surface area contributed by atoms with Gasteiger partial charge in [0.2, 0.25) is 5.91 Å². The summed E-state index contributed by atoms with van der Waals surface area (Å²) in [7, 11) is 0. The Labute approximate surface area is 132 Å². The highest BCUT2D eigenvalue weighted by molar-refractivity contribution is 5.92. The zero-order chi connectivity index (χ0) is 15.4. The quantitative estimate of drug-likeness (QED) is 0.931. The van der Waals surface area contributed by atoms with Gasteiger partial charge in [-0.05, 0) is 49.1 Å². The predicted molar refractivity (Wildman–Crippen MR) is 91.4 cm³/mol. The number of anilines is 2. The van der Waals surface area contributed by atoms with Crippen LogP contribution in [0.15, 0.2) is 48.5 Å². The highest BCUT2D eigenvalue weighted by Gasteiger charge is 2.12. The summed E-state index contributed by atoms with van der Waals surface area (Å²) < 4.78 is 0. The summed E-state index contributed by atoms with van der Waals surface area (Å²) in [5, 5.41) is 2.98. The first-order valence-corrected chi connectivity index (χ1v) is 7.92. The Balaban J connectivity index is 1.60. The molecule has 0 radical (unpaired) electrons. The Morgan fingerprint density at radius 2 is 1.73 bits per heavy atom. The van der Waals surface area contributed by atoms with Gasteiger partial charge >= 0.3 is 0 Å². The second-order valence-corrected chi connectivity index (χ2v) is 5.90. The van der Waals surface area contributed by atoms with Crippen molar-refractivity contribution in [3.63, 3.8) is 0 Å². The lowest BCUT2D eigenvalue weighted by Gasteiger charge is -2.17. The van der Waals surface area contributed by atoms with Crippen LogP contribution in [0, 0.1) is 6.92 Å². The summed E-state index contributed by atoms with van der Waals surface area (Å²) in [5.74, 6) is 0.0308. The van der Waals surface area contributed by atoms with Crippen LogP contribution >= 0.6 is 0 Å². The molecule has 1 heterocycles. The third kappa shape index (κ3) is 3.48. The highest BCUT2D eigenvalue weighted by Crippen LogP contribution is 2.21. The van der Waals surface area contributed by atoms with Gasteiger partial charge in [0, 0.05) is 24.5 Å². The van der Waals surface area contributed by atoms with Crippen LogP contribution in [0.3, 0.4) is 0 Å². The summed E-state index contributed by atoms with van der Waals surface area (Å²) in [4.78, 5) is 14.6. The van der Waals surface area contributed by atoms with Gasteiger partial charge in [0.05, 0.1) is 6.42 Å². The minimum Gasteiger partial charge on any atom is -0.372 e. The smallest absolute Gasteiger partial charge is 0.228 e. The van der Waals surface area contributed by atoms with Crippen LogP contribution in [-0.4, -0.2) is 19.0 Å². The van der Waals surface area contributed by atoms with E-state index in [0.29, 0.717) is 6.42 Å². The zero-order valence-corrected chi connectivity index (χ0v) is 13.0. The standard InChI is InChI=1S/C19H22N2O/c1-15-6-2-3-7-18(15)20-19(22)14-16-8-10-17(11-9-16)21-12-4-5-13-21/h2-3,6-11H,4-5,12-14H2,1H3,(H,20,22). The molecule has 1 amide bonds. The number of rotatable bonds is 4. The minimum absolute atomic E-state index is 0.0308. The van der Waals surface area contributed by atoms with Crippen LogP contribution in [0.5, 0.6) is 0 Å². The number of nitrogens with one attached hydrogen (secondary N) is 1. The maximum atomic E-state index is 12.2. The molecular formula is C19H22N2O. The molecular weight excluding hydrogens is 272 g/mol. The molecule has 22 heavy (non-hydrogen) atoms. The summed E-state index contributed by atoms with van der Waals surface area (Å²) in [6.07, 6.45) is 2.97. The number of hydrogen-bond acceptors (Lipinski definition) is 2. The Bertz CT molecular complexity index is 643. The molecule has 0 unspecified atom stereocenters. The molecule has 1 fully saturated rings. The van der Waals surface area contributed by atoms with E-state index in [4.69, 9.17) is 0 Å². The fourth-order valence-corrected chi connectivity index (χ4v) is 2.89. The average Bonchev–Trinajstić information content (AvgIpc) is 3.05. The van der Waals surface area contributed by atoms with Gasteiger partial charge in [0.1, 0.15) is 0 Å². The topological polar surface area (TPSA) is 32.3 Å². The third-order valence-electron chi connectivity index (χ3n) is 4.19. The lowest BCUT2D eigenvalue weighted by atomic mass is 10.1. The SMILES string of the molecule is Cc1ccccc1NC(=O)Cc1ccc(N2CCCC2)cc1. The molecule has 1 saturated heterocycles. The monoisotopic (exact) mass is 294 g/mol. The van der Waals surface area contributed by atoms with Crippen molar-refractivity contribution in [1.29, 1.82) is 0 Å². The van der Waals surface area contributed by atoms with Crippen molar-refractivity contribution in [1.82, 2.24) is 0 Å². The number of amides is 1. The van der Waals surface area contributed by atoms with Gasteiger partial charge in [-0.3, -0.25) is 4.79 Å². The molecule has 0 atom stereocenters. The van der Waals surface area contributed by atoms with Crippen molar-refractivity contribution in [3.05, 3.63) is 59.7 Å². The number of benzene rings is 2. The highest BCUT2D eigenvalue weighted by atomic mass is 16.1. The fourth-order valence-electron chi connectivity index (χ4n) is 2.89. The maximum Gasteiger partial charge on any atom is 0.228 e. The Morgan fingerprint density at radius 1 is 1.05 bits per heavy atom.